The molecule has 1 saturated carbocycles. The highest BCUT2D eigenvalue weighted by atomic mass is 16.2. The van der Waals surface area contributed by atoms with Crippen LogP contribution < -0.4 is 10.6 Å². The van der Waals surface area contributed by atoms with E-state index in [1.165, 1.54) is 11.1 Å². The third kappa shape index (κ3) is 3.72. The lowest BCUT2D eigenvalue weighted by atomic mass is 9.95. The van der Waals surface area contributed by atoms with E-state index < -0.39 is 0 Å². The fourth-order valence-electron chi connectivity index (χ4n) is 2.26. The second kappa shape index (κ2) is 4.87. The number of benzene rings is 1. The molecule has 1 aromatic rings. The summed E-state index contributed by atoms with van der Waals surface area (Å²) in [5.41, 5.74) is 2.60. The summed E-state index contributed by atoms with van der Waals surface area (Å²) in [6.07, 6.45) is 2.32. The van der Waals surface area contributed by atoms with E-state index in [1.54, 1.807) is 0 Å². The number of urea groups is 1. The van der Waals surface area contributed by atoms with E-state index in [2.05, 4.69) is 41.8 Å². The van der Waals surface area contributed by atoms with Crippen molar-refractivity contribution in [3.8, 4) is 0 Å². The van der Waals surface area contributed by atoms with Gasteiger partial charge in [-0.05, 0) is 46.1 Å². The van der Waals surface area contributed by atoms with Crippen LogP contribution in [0.15, 0.2) is 24.3 Å². The van der Waals surface area contributed by atoms with Crippen LogP contribution >= 0.6 is 0 Å². The van der Waals surface area contributed by atoms with Gasteiger partial charge in [0.15, 0.2) is 0 Å². The summed E-state index contributed by atoms with van der Waals surface area (Å²) in [5, 5.41) is 5.94. The van der Waals surface area contributed by atoms with Gasteiger partial charge in [0.25, 0.3) is 0 Å². The molecule has 1 aliphatic rings. The number of hydrogen-bond acceptors (Lipinski definition) is 1. The summed E-state index contributed by atoms with van der Waals surface area (Å²) >= 11 is 0. The Bertz CT molecular complexity index is 453. The van der Waals surface area contributed by atoms with Gasteiger partial charge < -0.3 is 10.6 Å². The van der Waals surface area contributed by atoms with E-state index >= 15 is 0 Å². The molecular formula is C16H24N2O. The number of amides is 2. The summed E-state index contributed by atoms with van der Waals surface area (Å²) in [7, 11) is 0. The Morgan fingerprint density at radius 2 is 1.79 bits per heavy atom. The quantitative estimate of drug-likeness (QED) is 0.861. The minimum Gasteiger partial charge on any atom is -0.337 e. The molecule has 0 bridgehead atoms. The molecule has 3 nitrogen and oxygen atoms in total. The molecular weight excluding hydrogens is 236 g/mol. The first-order chi connectivity index (χ1) is 8.81. The van der Waals surface area contributed by atoms with Crippen LogP contribution in [0, 0.1) is 6.92 Å². The number of nitrogens with one attached hydrogen (secondary N) is 2. The highest BCUT2D eigenvalue weighted by Gasteiger charge is 2.44. The Hall–Kier alpha value is -1.51. The largest absolute Gasteiger partial charge is 0.337 e. The number of carbonyl (C=O) groups is 1. The number of aryl methyl sites for hydroxylation is 1. The molecule has 0 aromatic heterocycles. The molecule has 2 rings (SSSR count). The monoisotopic (exact) mass is 260 g/mol. The number of rotatable bonds is 3. The Morgan fingerprint density at radius 1 is 1.21 bits per heavy atom. The second-order valence-corrected chi connectivity index (χ2v) is 6.70. The van der Waals surface area contributed by atoms with E-state index in [0.717, 1.165) is 19.4 Å². The zero-order valence-corrected chi connectivity index (χ0v) is 12.3. The third-order valence-corrected chi connectivity index (χ3v) is 3.59. The Balaban J connectivity index is 1.92. The zero-order valence-electron chi connectivity index (χ0n) is 12.3. The van der Waals surface area contributed by atoms with Crippen LogP contribution in [0.1, 0.15) is 44.7 Å². The summed E-state index contributed by atoms with van der Waals surface area (Å²) in [4.78, 5) is 11.8. The lowest BCUT2D eigenvalue weighted by molar-refractivity contribution is 0.231. The molecule has 3 heteroatoms. The standard InChI is InChI=1S/C16H24N2O/c1-12-5-7-13(8-6-12)16(9-10-16)11-17-14(19)18-15(2,3)4/h5-8H,9-11H2,1-4H3,(H2,17,18,19). The van der Waals surface area contributed by atoms with Crippen molar-refractivity contribution < 1.29 is 4.79 Å². The molecule has 0 unspecified atom stereocenters. The van der Waals surface area contributed by atoms with Crippen LogP contribution in [-0.2, 0) is 5.41 Å². The van der Waals surface area contributed by atoms with Crippen LogP contribution in [-0.4, -0.2) is 18.1 Å². The minimum absolute atomic E-state index is 0.0779. The molecule has 0 radical (unpaired) electrons. The van der Waals surface area contributed by atoms with Crippen molar-refractivity contribution >= 4 is 6.03 Å². The Morgan fingerprint density at radius 3 is 2.26 bits per heavy atom. The summed E-state index contributed by atoms with van der Waals surface area (Å²) in [5.74, 6) is 0. The van der Waals surface area contributed by atoms with E-state index in [9.17, 15) is 4.79 Å². The molecule has 19 heavy (non-hydrogen) atoms. The Kier molecular flexibility index (Phi) is 3.57. The van der Waals surface area contributed by atoms with Crippen LogP contribution in [0.25, 0.3) is 0 Å². The smallest absolute Gasteiger partial charge is 0.315 e. The van der Waals surface area contributed by atoms with E-state index in [-0.39, 0.29) is 17.0 Å². The predicted molar refractivity (Wildman–Crippen MR) is 78.4 cm³/mol. The normalized spacial score (nSPS) is 16.8. The molecule has 0 atom stereocenters. The van der Waals surface area contributed by atoms with Gasteiger partial charge in [0, 0.05) is 17.5 Å². The molecule has 0 aliphatic heterocycles. The molecule has 1 aliphatic carbocycles. The maximum Gasteiger partial charge on any atom is 0.315 e. The first-order valence-corrected chi connectivity index (χ1v) is 6.94. The van der Waals surface area contributed by atoms with Gasteiger partial charge in [-0.1, -0.05) is 29.8 Å². The van der Waals surface area contributed by atoms with Crippen molar-refractivity contribution in [1.82, 2.24) is 10.6 Å². The maximum atomic E-state index is 11.8. The van der Waals surface area contributed by atoms with Gasteiger partial charge in [-0.25, -0.2) is 4.79 Å². The van der Waals surface area contributed by atoms with Crippen LogP contribution in [0.3, 0.4) is 0 Å². The topological polar surface area (TPSA) is 41.1 Å². The molecule has 2 N–H and O–H groups in total. The van der Waals surface area contributed by atoms with Crippen molar-refractivity contribution in [2.75, 3.05) is 6.54 Å². The minimum atomic E-state index is -0.190. The first-order valence-electron chi connectivity index (χ1n) is 6.94. The summed E-state index contributed by atoms with van der Waals surface area (Å²) in [6, 6.07) is 8.58. The fraction of sp³-hybridized carbons (Fsp3) is 0.562. The van der Waals surface area contributed by atoms with Crippen molar-refractivity contribution in [3.05, 3.63) is 35.4 Å². The van der Waals surface area contributed by atoms with Crippen LogP contribution in [0.5, 0.6) is 0 Å². The highest BCUT2D eigenvalue weighted by molar-refractivity contribution is 5.74. The first kappa shape index (κ1) is 13.9. The highest BCUT2D eigenvalue weighted by Crippen LogP contribution is 2.47. The summed E-state index contributed by atoms with van der Waals surface area (Å²) in [6.45, 7) is 8.77. The lowest BCUT2D eigenvalue weighted by Crippen LogP contribution is -2.48. The van der Waals surface area contributed by atoms with Gasteiger partial charge in [0.05, 0.1) is 0 Å². The van der Waals surface area contributed by atoms with Crippen molar-refractivity contribution in [2.24, 2.45) is 0 Å². The molecule has 0 saturated heterocycles. The third-order valence-electron chi connectivity index (χ3n) is 3.59. The molecule has 1 aromatic carbocycles. The van der Waals surface area contributed by atoms with E-state index in [1.807, 2.05) is 20.8 Å². The van der Waals surface area contributed by atoms with Crippen molar-refractivity contribution in [1.29, 1.82) is 0 Å². The van der Waals surface area contributed by atoms with Gasteiger partial charge in [-0.15, -0.1) is 0 Å². The fourth-order valence-corrected chi connectivity index (χ4v) is 2.26. The van der Waals surface area contributed by atoms with E-state index in [4.69, 9.17) is 0 Å². The van der Waals surface area contributed by atoms with Gasteiger partial charge in [0.1, 0.15) is 0 Å². The molecule has 1 fully saturated rings. The lowest BCUT2D eigenvalue weighted by Gasteiger charge is -2.23. The average molecular weight is 260 g/mol. The van der Waals surface area contributed by atoms with Gasteiger partial charge in [-0.3, -0.25) is 0 Å². The number of hydrogen-bond donors (Lipinski definition) is 2. The van der Waals surface area contributed by atoms with Crippen molar-refractivity contribution in [3.63, 3.8) is 0 Å². The Labute approximate surface area is 115 Å². The van der Waals surface area contributed by atoms with Crippen molar-refractivity contribution in [2.45, 2.75) is 51.5 Å². The van der Waals surface area contributed by atoms with E-state index in [0.29, 0.717) is 0 Å². The summed E-state index contributed by atoms with van der Waals surface area (Å²) < 4.78 is 0. The van der Waals surface area contributed by atoms with Crippen LogP contribution in [0.2, 0.25) is 0 Å². The molecule has 2 amide bonds. The molecule has 0 heterocycles. The van der Waals surface area contributed by atoms with Gasteiger partial charge in [-0.2, -0.15) is 0 Å². The molecule has 0 spiro atoms. The molecule has 104 valence electrons. The average Bonchev–Trinajstić information content (AvgIpc) is 3.06. The van der Waals surface area contributed by atoms with Crippen LogP contribution in [0.4, 0.5) is 4.79 Å². The SMILES string of the molecule is Cc1ccc(C2(CNC(=O)NC(C)(C)C)CC2)cc1. The zero-order chi connectivity index (χ0) is 14.1. The second-order valence-electron chi connectivity index (χ2n) is 6.70. The number of carbonyl (C=O) groups excluding carboxylic acids is 1. The van der Waals surface area contributed by atoms with Gasteiger partial charge >= 0.3 is 6.03 Å². The maximum absolute atomic E-state index is 11.8. The predicted octanol–water partition coefficient (Wildman–Crippen LogP) is 3.12. The van der Waals surface area contributed by atoms with Gasteiger partial charge in [0.2, 0.25) is 0 Å².